The molecule has 0 unspecified atom stereocenters. The lowest BCUT2D eigenvalue weighted by Crippen LogP contribution is -2.06. The van der Waals surface area contributed by atoms with E-state index in [4.69, 9.17) is 0 Å². The van der Waals surface area contributed by atoms with Gasteiger partial charge in [-0.15, -0.1) is 0 Å². The third-order valence-electron chi connectivity index (χ3n) is 2.20. The lowest BCUT2D eigenvalue weighted by Gasteiger charge is -2.04. The van der Waals surface area contributed by atoms with Crippen LogP contribution in [0.4, 0.5) is 0 Å². The Balaban J connectivity index is 3.39. The molecule has 0 radical (unpaired) electrons. The lowest BCUT2D eigenvalue weighted by atomic mass is 10.0. The second-order valence-corrected chi connectivity index (χ2v) is 3.54. The van der Waals surface area contributed by atoms with Crippen LogP contribution in [0.2, 0.25) is 0 Å². The van der Waals surface area contributed by atoms with E-state index in [0.717, 1.165) is 0 Å². The molecule has 0 aliphatic carbocycles. The fraction of sp³-hybridized carbons (Fsp3) is 0.500. The molecule has 1 heterocycles. The zero-order valence-corrected chi connectivity index (χ0v) is 9.27. The monoisotopic (exact) mass is 210 g/mol. The molecule has 5 heteroatoms. The Morgan fingerprint density at radius 3 is 2.53 bits per heavy atom. The molecule has 1 aromatic heterocycles. The van der Waals surface area contributed by atoms with Crippen LogP contribution < -0.4 is 0 Å². The van der Waals surface area contributed by atoms with E-state index in [9.17, 15) is 9.59 Å². The van der Waals surface area contributed by atoms with Crippen LogP contribution in [0, 0.1) is 0 Å². The molecule has 0 saturated heterocycles. The Labute approximate surface area is 88.0 Å². The number of hydrogen-bond donors (Lipinski definition) is 0. The smallest absolute Gasteiger partial charge is 0.358 e. The molecule has 1 aromatic rings. The highest BCUT2D eigenvalue weighted by atomic mass is 16.5. The van der Waals surface area contributed by atoms with Crippen LogP contribution in [0.1, 0.15) is 46.3 Å². The predicted molar refractivity (Wildman–Crippen MR) is 54.0 cm³/mol. The Morgan fingerprint density at radius 2 is 2.13 bits per heavy atom. The molecule has 0 atom stereocenters. The maximum Gasteiger partial charge on any atom is 0.358 e. The van der Waals surface area contributed by atoms with Gasteiger partial charge in [0.05, 0.1) is 7.11 Å². The fourth-order valence-corrected chi connectivity index (χ4v) is 1.51. The SMILES string of the molecule is COC(=O)c1nn(C)c(C=O)c1C(C)C. The predicted octanol–water partition coefficient (Wildman–Crippen LogP) is 1.14. The second-order valence-electron chi connectivity index (χ2n) is 3.54. The van der Waals surface area contributed by atoms with Gasteiger partial charge in [0.2, 0.25) is 0 Å². The Morgan fingerprint density at radius 1 is 1.53 bits per heavy atom. The van der Waals surface area contributed by atoms with Crippen molar-refractivity contribution >= 4 is 12.3 Å². The number of esters is 1. The van der Waals surface area contributed by atoms with Gasteiger partial charge in [-0.1, -0.05) is 13.8 Å². The van der Waals surface area contributed by atoms with Crippen molar-refractivity contribution < 1.29 is 14.3 Å². The summed E-state index contributed by atoms with van der Waals surface area (Å²) >= 11 is 0. The number of nitrogens with zero attached hydrogens (tertiary/aromatic N) is 2. The van der Waals surface area contributed by atoms with E-state index in [1.807, 2.05) is 13.8 Å². The molecule has 1 rings (SSSR count). The van der Waals surface area contributed by atoms with Crippen LogP contribution in [0.3, 0.4) is 0 Å². The van der Waals surface area contributed by atoms with Gasteiger partial charge in [-0.3, -0.25) is 9.48 Å². The molecule has 0 fully saturated rings. The maximum absolute atomic E-state index is 11.4. The molecule has 0 saturated carbocycles. The van der Waals surface area contributed by atoms with Crippen LogP contribution in [0.25, 0.3) is 0 Å². The van der Waals surface area contributed by atoms with Crippen LogP contribution in [0.5, 0.6) is 0 Å². The Hall–Kier alpha value is -1.65. The van der Waals surface area contributed by atoms with E-state index in [0.29, 0.717) is 17.5 Å². The van der Waals surface area contributed by atoms with Gasteiger partial charge >= 0.3 is 5.97 Å². The first-order valence-corrected chi connectivity index (χ1v) is 4.63. The molecule has 0 aromatic carbocycles. The van der Waals surface area contributed by atoms with E-state index in [-0.39, 0.29) is 11.6 Å². The van der Waals surface area contributed by atoms with E-state index >= 15 is 0 Å². The third kappa shape index (κ3) is 1.91. The van der Waals surface area contributed by atoms with Gasteiger partial charge in [-0.25, -0.2) is 4.79 Å². The summed E-state index contributed by atoms with van der Waals surface area (Å²) in [4.78, 5) is 22.3. The number of rotatable bonds is 3. The molecule has 0 aliphatic heterocycles. The van der Waals surface area contributed by atoms with Crippen molar-refractivity contribution in [2.75, 3.05) is 7.11 Å². The summed E-state index contributed by atoms with van der Waals surface area (Å²) in [6.07, 6.45) is 0.703. The van der Waals surface area contributed by atoms with Crippen LogP contribution in [-0.4, -0.2) is 29.1 Å². The number of aldehydes is 1. The summed E-state index contributed by atoms with van der Waals surface area (Å²) in [6.45, 7) is 3.80. The molecule has 0 aliphatic rings. The van der Waals surface area contributed by atoms with E-state index in [2.05, 4.69) is 9.84 Å². The highest BCUT2D eigenvalue weighted by Gasteiger charge is 2.23. The molecule has 0 amide bonds. The minimum Gasteiger partial charge on any atom is -0.464 e. The fourth-order valence-electron chi connectivity index (χ4n) is 1.51. The number of ether oxygens (including phenoxy) is 1. The van der Waals surface area contributed by atoms with Crippen LogP contribution in [0.15, 0.2) is 0 Å². The maximum atomic E-state index is 11.4. The standard InChI is InChI=1S/C10H14N2O3/c1-6(2)8-7(5-13)12(3)11-9(8)10(14)15-4/h5-6H,1-4H3. The summed E-state index contributed by atoms with van der Waals surface area (Å²) in [6, 6.07) is 0. The van der Waals surface area contributed by atoms with Gasteiger partial charge in [-0.2, -0.15) is 5.10 Å². The van der Waals surface area contributed by atoms with Crippen LogP contribution in [-0.2, 0) is 11.8 Å². The van der Waals surface area contributed by atoms with Crippen molar-refractivity contribution in [1.82, 2.24) is 9.78 Å². The lowest BCUT2D eigenvalue weighted by molar-refractivity contribution is 0.0591. The second kappa shape index (κ2) is 4.25. The highest BCUT2D eigenvalue weighted by Crippen LogP contribution is 2.22. The number of hydrogen-bond acceptors (Lipinski definition) is 4. The first-order chi connectivity index (χ1) is 7.02. The molecule has 82 valence electrons. The average molecular weight is 210 g/mol. The summed E-state index contributed by atoms with van der Waals surface area (Å²) in [5.41, 5.74) is 1.28. The van der Waals surface area contributed by atoms with E-state index in [1.54, 1.807) is 7.05 Å². The molecule has 5 nitrogen and oxygen atoms in total. The van der Waals surface area contributed by atoms with Crippen LogP contribution >= 0.6 is 0 Å². The molecule has 0 bridgehead atoms. The van der Waals surface area contributed by atoms with Gasteiger partial charge in [0, 0.05) is 12.6 Å². The quantitative estimate of drug-likeness (QED) is 0.554. The van der Waals surface area contributed by atoms with Crippen molar-refractivity contribution in [2.24, 2.45) is 7.05 Å². The molecule has 15 heavy (non-hydrogen) atoms. The topological polar surface area (TPSA) is 61.2 Å². The molecule has 0 spiro atoms. The normalized spacial score (nSPS) is 10.5. The first kappa shape index (κ1) is 11.4. The third-order valence-corrected chi connectivity index (χ3v) is 2.20. The summed E-state index contributed by atoms with van der Waals surface area (Å²) < 4.78 is 6.01. The van der Waals surface area contributed by atoms with E-state index in [1.165, 1.54) is 11.8 Å². The molecule has 0 N–H and O–H groups in total. The summed E-state index contributed by atoms with van der Waals surface area (Å²) in [5, 5.41) is 3.98. The first-order valence-electron chi connectivity index (χ1n) is 4.63. The number of carbonyl (C=O) groups is 2. The van der Waals surface area contributed by atoms with Crippen molar-refractivity contribution in [3.63, 3.8) is 0 Å². The van der Waals surface area contributed by atoms with Crippen molar-refractivity contribution in [3.05, 3.63) is 17.0 Å². The van der Waals surface area contributed by atoms with Gasteiger partial charge in [0.1, 0.15) is 5.69 Å². The molecular weight excluding hydrogens is 196 g/mol. The van der Waals surface area contributed by atoms with Crippen molar-refractivity contribution in [3.8, 4) is 0 Å². The van der Waals surface area contributed by atoms with Crippen molar-refractivity contribution in [2.45, 2.75) is 19.8 Å². The zero-order chi connectivity index (χ0) is 11.6. The summed E-state index contributed by atoms with van der Waals surface area (Å²) in [5.74, 6) is -0.463. The van der Waals surface area contributed by atoms with Gasteiger partial charge in [0.15, 0.2) is 12.0 Å². The Kier molecular flexibility index (Phi) is 3.24. The highest BCUT2D eigenvalue weighted by molar-refractivity contribution is 5.92. The largest absolute Gasteiger partial charge is 0.464 e. The minimum absolute atomic E-state index is 0.0491. The van der Waals surface area contributed by atoms with Crippen molar-refractivity contribution in [1.29, 1.82) is 0 Å². The number of carbonyl (C=O) groups excluding carboxylic acids is 2. The number of methoxy groups -OCH3 is 1. The van der Waals surface area contributed by atoms with E-state index < -0.39 is 5.97 Å². The molecular formula is C10H14N2O3. The number of aryl methyl sites for hydroxylation is 1. The summed E-state index contributed by atoms with van der Waals surface area (Å²) in [7, 11) is 2.92. The van der Waals surface area contributed by atoms with Gasteiger partial charge < -0.3 is 4.74 Å². The average Bonchev–Trinajstić information content (AvgIpc) is 2.53. The van der Waals surface area contributed by atoms with Gasteiger partial charge in [0.25, 0.3) is 0 Å². The minimum atomic E-state index is -0.512. The van der Waals surface area contributed by atoms with Gasteiger partial charge in [-0.05, 0) is 5.92 Å². The Bertz CT molecular complexity index is 394. The zero-order valence-electron chi connectivity index (χ0n) is 9.27. The number of aromatic nitrogens is 2.